The number of halogens is 4. The fourth-order valence-corrected chi connectivity index (χ4v) is 2.31. The third-order valence-corrected chi connectivity index (χ3v) is 3.66. The van der Waals surface area contributed by atoms with Crippen LogP contribution in [0.5, 0.6) is 5.75 Å². The number of hydrogen-bond acceptors (Lipinski definition) is 4. The molecule has 0 radical (unpaired) electrons. The summed E-state index contributed by atoms with van der Waals surface area (Å²) in [6.07, 6.45) is 1.34. The molecule has 0 atom stereocenters. The topological polar surface area (TPSA) is 59.9 Å². The third-order valence-electron chi connectivity index (χ3n) is 3.07. The molecule has 0 spiro atoms. The Morgan fingerprint density at radius 1 is 1.19 bits per heavy atom. The van der Waals surface area contributed by atoms with Gasteiger partial charge in [-0.2, -0.15) is 8.78 Å². The zero-order valence-electron chi connectivity index (χ0n) is 13.3. The van der Waals surface area contributed by atoms with E-state index in [1.807, 2.05) is 0 Å². The van der Waals surface area contributed by atoms with Crippen LogP contribution in [0.3, 0.4) is 0 Å². The minimum absolute atomic E-state index is 0.0401. The zero-order valence-corrected chi connectivity index (χ0v) is 14.8. The van der Waals surface area contributed by atoms with Crippen molar-refractivity contribution in [1.29, 1.82) is 0 Å². The van der Waals surface area contributed by atoms with E-state index >= 15 is 0 Å². The van der Waals surface area contributed by atoms with Crippen molar-refractivity contribution in [2.75, 3.05) is 6.61 Å². The van der Waals surface area contributed by atoms with Gasteiger partial charge in [0.2, 0.25) is 0 Å². The summed E-state index contributed by atoms with van der Waals surface area (Å²) in [5.41, 5.74) is 1.32. The van der Waals surface area contributed by atoms with Crippen LogP contribution in [-0.2, 0) is 16.2 Å². The van der Waals surface area contributed by atoms with Gasteiger partial charge in [-0.15, -0.1) is 0 Å². The first-order valence-electron chi connectivity index (χ1n) is 7.35. The van der Waals surface area contributed by atoms with E-state index in [0.717, 1.165) is 5.56 Å². The van der Waals surface area contributed by atoms with Gasteiger partial charge in [-0.1, -0.05) is 34.4 Å². The Morgan fingerprint density at radius 2 is 1.92 bits per heavy atom. The van der Waals surface area contributed by atoms with Gasteiger partial charge >= 0.3 is 6.61 Å². The molecule has 0 bridgehead atoms. The first kappa shape index (κ1) is 19.9. The SMILES string of the molecule is O=C(CON=Cc1ccc(OC(F)F)cc1)NCc1ccc(Cl)cc1Cl. The van der Waals surface area contributed by atoms with E-state index in [9.17, 15) is 13.6 Å². The molecule has 0 aliphatic rings. The highest BCUT2D eigenvalue weighted by Crippen LogP contribution is 2.20. The van der Waals surface area contributed by atoms with Crippen molar-refractivity contribution >= 4 is 35.3 Å². The predicted octanol–water partition coefficient (Wildman–Crippen LogP) is 4.26. The smallest absolute Gasteiger partial charge is 0.387 e. The molecule has 0 aliphatic heterocycles. The summed E-state index contributed by atoms with van der Waals surface area (Å²) < 4.78 is 28.3. The molecule has 0 fully saturated rings. The van der Waals surface area contributed by atoms with E-state index < -0.39 is 6.61 Å². The Labute approximate surface area is 158 Å². The minimum Gasteiger partial charge on any atom is -0.435 e. The van der Waals surface area contributed by atoms with Gasteiger partial charge in [0.05, 0.1) is 6.21 Å². The molecule has 26 heavy (non-hydrogen) atoms. The highest BCUT2D eigenvalue weighted by Gasteiger charge is 2.05. The second-order valence-corrected chi connectivity index (χ2v) is 5.81. The van der Waals surface area contributed by atoms with Crippen LogP contribution < -0.4 is 10.1 Å². The number of amides is 1. The quantitative estimate of drug-likeness (QED) is 0.529. The maximum atomic E-state index is 12.0. The number of oxime groups is 1. The molecular formula is C17H14Cl2F2N2O3. The van der Waals surface area contributed by atoms with Gasteiger partial charge in [-0.25, -0.2) is 0 Å². The largest absolute Gasteiger partial charge is 0.435 e. The molecule has 2 rings (SSSR count). The van der Waals surface area contributed by atoms with E-state index in [4.69, 9.17) is 28.0 Å². The number of benzene rings is 2. The maximum absolute atomic E-state index is 12.0. The highest BCUT2D eigenvalue weighted by molar-refractivity contribution is 6.35. The molecule has 0 unspecified atom stereocenters. The van der Waals surface area contributed by atoms with E-state index in [-0.39, 0.29) is 24.8 Å². The number of nitrogens with zero attached hydrogens (tertiary/aromatic N) is 1. The van der Waals surface area contributed by atoms with Crippen LogP contribution in [0.25, 0.3) is 0 Å². The van der Waals surface area contributed by atoms with Crippen LogP contribution in [0.15, 0.2) is 47.6 Å². The van der Waals surface area contributed by atoms with E-state index in [2.05, 4.69) is 15.2 Å². The van der Waals surface area contributed by atoms with Gasteiger partial charge in [0, 0.05) is 16.6 Å². The Kier molecular flexibility index (Phi) is 7.62. The molecule has 5 nitrogen and oxygen atoms in total. The van der Waals surface area contributed by atoms with Crippen LogP contribution in [0.4, 0.5) is 8.78 Å². The number of ether oxygens (including phenoxy) is 1. The second-order valence-electron chi connectivity index (χ2n) is 4.97. The number of alkyl halides is 2. The second kappa shape index (κ2) is 9.94. The lowest BCUT2D eigenvalue weighted by molar-refractivity contribution is -0.125. The summed E-state index contributed by atoms with van der Waals surface area (Å²) in [4.78, 5) is 16.6. The summed E-state index contributed by atoms with van der Waals surface area (Å²) in [5, 5.41) is 7.23. The normalized spacial score (nSPS) is 11.0. The number of nitrogens with one attached hydrogen (secondary N) is 1. The van der Waals surface area contributed by atoms with Crippen molar-refractivity contribution in [1.82, 2.24) is 5.32 Å². The summed E-state index contributed by atoms with van der Waals surface area (Å²) in [6, 6.07) is 10.8. The molecule has 0 aromatic heterocycles. The van der Waals surface area contributed by atoms with E-state index in [1.54, 1.807) is 18.2 Å². The molecule has 1 amide bonds. The summed E-state index contributed by atoms with van der Waals surface area (Å²) in [6.45, 7) is -2.93. The van der Waals surface area contributed by atoms with Crippen LogP contribution in [0.1, 0.15) is 11.1 Å². The molecular weight excluding hydrogens is 389 g/mol. The van der Waals surface area contributed by atoms with E-state index in [0.29, 0.717) is 15.6 Å². The first-order valence-corrected chi connectivity index (χ1v) is 8.10. The Hall–Kier alpha value is -2.38. The van der Waals surface area contributed by atoms with E-state index in [1.165, 1.54) is 30.5 Å². The molecule has 2 aromatic rings. The highest BCUT2D eigenvalue weighted by atomic mass is 35.5. The zero-order chi connectivity index (χ0) is 18.9. The molecule has 2 aromatic carbocycles. The Morgan fingerprint density at radius 3 is 2.58 bits per heavy atom. The van der Waals surface area contributed by atoms with Crippen molar-refractivity contribution in [3.8, 4) is 5.75 Å². The predicted molar refractivity (Wildman–Crippen MR) is 94.9 cm³/mol. The average Bonchev–Trinajstić information content (AvgIpc) is 2.59. The standard InChI is InChI=1S/C17H14Cl2F2N2O3/c18-13-4-3-12(15(19)7-13)9-22-16(24)10-25-23-8-11-1-5-14(6-2-11)26-17(20)21/h1-8,17H,9-10H2,(H,22,24). The Bertz CT molecular complexity index is 771. The number of rotatable bonds is 8. The molecule has 1 N–H and O–H groups in total. The Balaban J connectivity index is 1.73. The molecule has 0 saturated carbocycles. The van der Waals surface area contributed by atoms with Crippen molar-refractivity contribution in [3.63, 3.8) is 0 Å². The van der Waals surface area contributed by atoms with Gasteiger partial charge < -0.3 is 14.9 Å². The number of carbonyl (C=O) groups is 1. The van der Waals surface area contributed by atoms with Crippen molar-refractivity contribution in [2.45, 2.75) is 13.2 Å². The number of carbonyl (C=O) groups excluding carboxylic acids is 1. The third kappa shape index (κ3) is 6.85. The fourth-order valence-electron chi connectivity index (χ4n) is 1.84. The molecule has 9 heteroatoms. The van der Waals surface area contributed by atoms with Gasteiger partial charge in [0.1, 0.15) is 5.75 Å². The van der Waals surface area contributed by atoms with Crippen molar-refractivity contribution < 1.29 is 23.1 Å². The lowest BCUT2D eigenvalue weighted by Crippen LogP contribution is -2.26. The first-order chi connectivity index (χ1) is 12.4. The summed E-state index contributed by atoms with van der Waals surface area (Å²) in [5.74, 6) is -0.341. The molecule has 0 heterocycles. The number of hydrogen-bond donors (Lipinski definition) is 1. The van der Waals surface area contributed by atoms with Crippen LogP contribution >= 0.6 is 23.2 Å². The summed E-state index contributed by atoms with van der Waals surface area (Å²) >= 11 is 11.8. The molecule has 138 valence electrons. The minimum atomic E-state index is -2.88. The van der Waals surface area contributed by atoms with Crippen LogP contribution in [-0.4, -0.2) is 25.3 Å². The van der Waals surface area contributed by atoms with Gasteiger partial charge in [-0.3, -0.25) is 4.79 Å². The monoisotopic (exact) mass is 402 g/mol. The summed E-state index contributed by atoms with van der Waals surface area (Å²) in [7, 11) is 0. The lowest BCUT2D eigenvalue weighted by atomic mass is 10.2. The van der Waals surface area contributed by atoms with Crippen LogP contribution in [0.2, 0.25) is 10.0 Å². The molecule has 0 saturated heterocycles. The van der Waals surface area contributed by atoms with Gasteiger partial charge in [-0.05, 0) is 47.5 Å². The van der Waals surface area contributed by atoms with Gasteiger partial charge in [0.25, 0.3) is 5.91 Å². The van der Waals surface area contributed by atoms with Crippen molar-refractivity contribution in [2.24, 2.45) is 5.16 Å². The molecule has 0 aliphatic carbocycles. The lowest BCUT2D eigenvalue weighted by Gasteiger charge is -2.06. The average molecular weight is 403 g/mol. The van der Waals surface area contributed by atoms with Crippen molar-refractivity contribution in [3.05, 3.63) is 63.6 Å². The van der Waals surface area contributed by atoms with Crippen LogP contribution in [0, 0.1) is 0 Å². The van der Waals surface area contributed by atoms with Gasteiger partial charge in [0.15, 0.2) is 6.61 Å². The maximum Gasteiger partial charge on any atom is 0.387 e. The fraction of sp³-hybridized carbons (Fsp3) is 0.176.